The molecule has 0 heterocycles. The van der Waals surface area contributed by atoms with Gasteiger partial charge in [-0.1, -0.05) is 35.9 Å². The van der Waals surface area contributed by atoms with Crippen molar-refractivity contribution in [1.82, 2.24) is 0 Å². The van der Waals surface area contributed by atoms with Gasteiger partial charge in [-0.25, -0.2) is 0 Å². The van der Waals surface area contributed by atoms with E-state index in [4.69, 9.17) is 12.6 Å². The summed E-state index contributed by atoms with van der Waals surface area (Å²) in [5.74, 6) is 0.723. The molecule has 0 aliphatic rings. The van der Waals surface area contributed by atoms with Crippen LogP contribution in [0.2, 0.25) is 0 Å². The van der Waals surface area contributed by atoms with E-state index in [1.165, 1.54) is 5.56 Å². The third kappa shape index (κ3) is 6.08. The number of hydrogen-bond acceptors (Lipinski definition) is 1. The summed E-state index contributed by atoms with van der Waals surface area (Å²) in [5.41, 5.74) is 1.22. The van der Waals surface area contributed by atoms with Gasteiger partial charge in [0.2, 0.25) is 0 Å². The van der Waals surface area contributed by atoms with Crippen LogP contribution in [0.3, 0.4) is 0 Å². The third-order valence-electron chi connectivity index (χ3n) is 4.20. The van der Waals surface area contributed by atoms with E-state index in [0.29, 0.717) is 0 Å². The molecule has 0 aromatic heterocycles. The Hall–Kier alpha value is -1.85. The number of hydrogen-bond donors (Lipinski definition) is 0. The molecule has 0 aliphatic carbocycles. The standard InChI is InChI=1S/C7H8S.3C6H5.Pb/c8-6-7-4-2-1-3-5-7;3*1-2-4-6-5-3-1;/h1-5,8H,6H2;3*1-5H;/p-1. The van der Waals surface area contributed by atoms with Crippen LogP contribution in [0.1, 0.15) is 5.56 Å². The monoisotopic (exact) mass is 562 g/mol. The van der Waals surface area contributed by atoms with Crippen molar-refractivity contribution in [3.63, 3.8) is 0 Å². The quantitative estimate of drug-likeness (QED) is 0.269. The van der Waals surface area contributed by atoms with Crippen molar-refractivity contribution in [2.75, 3.05) is 0 Å². The average Bonchev–Trinajstić information content (AvgIpc) is 2.77. The van der Waals surface area contributed by atoms with Gasteiger partial charge in [0.15, 0.2) is 0 Å². The van der Waals surface area contributed by atoms with Crippen LogP contribution < -0.4 is 9.37 Å². The van der Waals surface area contributed by atoms with E-state index in [1.807, 2.05) is 30.3 Å². The molecule has 0 fully saturated rings. The average molecular weight is 562 g/mol. The van der Waals surface area contributed by atoms with Gasteiger partial charge in [-0.3, -0.25) is 0 Å². The maximum atomic E-state index is 4.82. The first kappa shape index (κ1) is 19.9. The molecule has 4 aromatic carbocycles. The molecule has 1 radical (unpaired) electrons. The van der Waals surface area contributed by atoms with E-state index in [-0.39, 0.29) is 0 Å². The molecule has 4 rings (SSSR count). The Kier molecular flexibility index (Phi) is 8.18. The zero-order valence-electron chi connectivity index (χ0n) is 15.2. The minimum atomic E-state index is -2.17. The summed E-state index contributed by atoms with van der Waals surface area (Å²) in [5, 5.41) is 0. The van der Waals surface area contributed by atoms with Crippen molar-refractivity contribution in [3.05, 3.63) is 127 Å². The molecule has 0 nitrogen and oxygen atoms in total. The molecule has 0 amide bonds. The molecule has 4 aromatic rings. The van der Waals surface area contributed by atoms with E-state index in [2.05, 4.69) is 91.0 Å². The van der Waals surface area contributed by atoms with Crippen molar-refractivity contribution in [2.24, 2.45) is 0 Å². The van der Waals surface area contributed by atoms with E-state index < -0.39 is 22.7 Å². The van der Waals surface area contributed by atoms with Crippen LogP contribution in [0.25, 0.3) is 0 Å². The molecule has 0 saturated carbocycles. The van der Waals surface area contributed by atoms with Crippen LogP contribution >= 0.6 is 0 Å². The first-order chi connectivity index (χ1) is 13.4. The van der Waals surface area contributed by atoms with Gasteiger partial charge in [-0.05, 0) is 0 Å². The predicted molar refractivity (Wildman–Crippen MR) is 121 cm³/mol. The van der Waals surface area contributed by atoms with Crippen LogP contribution in [0, 0.1) is 0 Å². The fraction of sp³-hybridized carbons (Fsp3) is 0.0400. The Morgan fingerprint density at radius 3 is 1.00 bits per heavy atom. The fourth-order valence-electron chi connectivity index (χ4n) is 2.89. The third-order valence-corrected chi connectivity index (χ3v) is 15.2. The molecular formula is C25H22PbS-. The SMILES string of the molecule is [S-]Cc1ccccc1.c1cc[c]([Pb]([c]2ccccc2)[c]2ccccc2)cc1. The summed E-state index contributed by atoms with van der Waals surface area (Å²) >= 11 is 2.65. The maximum absolute atomic E-state index is 4.82. The van der Waals surface area contributed by atoms with Gasteiger partial charge < -0.3 is 12.6 Å². The topological polar surface area (TPSA) is 0 Å². The van der Waals surface area contributed by atoms with Crippen molar-refractivity contribution in [2.45, 2.75) is 5.75 Å². The second-order valence-electron chi connectivity index (χ2n) is 6.10. The molecule has 27 heavy (non-hydrogen) atoms. The van der Waals surface area contributed by atoms with E-state index >= 15 is 0 Å². The van der Waals surface area contributed by atoms with Crippen LogP contribution in [-0.2, 0) is 18.4 Å². The molecule has 0 bridgehead atoms. The second kappa shape index (κ2) is 11.1. The molecule has 0 unspecified atom stereocenters. The Morgan fingerprint density at radius 2 is 0.741 bits per heavy atom. The van der Waals surface area contributed by atoms with Gasteiger partial charge in [-0.15, -0.1) is 0 Å². The minimum absolute atomic E-state index is 0.723. The second-order valence-corrected chi connectivity index (χ2v) is 16.0. The van der Waals surface area contributed by atoms with Gasteiger partial charge in [0, 0.05) is 0 Å². The van der Waals surface area contributed by atoms with Crippen LogP contribution in [-0.4, -0.2) is 22.7 Å². The van der Waals surface area contributed by atoms with Crippen molar-refractivity contribution < 1.29 is 0 Å². The Balaban J connectivity index is 0.000000221. The van der Waals surface area contributed by atoms with Gasteiger partial charge in [0.25, 0.3) is 0 Å². The summed E-state index contributed by atoms with van der Waals surface area (Å²) in [6.45, 7) is 0. The fourth-order valence-corrected chi connectivity index (χ4v) is 13.1. The Labute approximate surface area is 176 Å². The molecule has 0 atom stereocenters. The summed E-state index contributed by atoms with van der Waals surface area (Å²) in [7, 11) is 0. The van der Waals surface area contributed by atoms with Crippen LogP contribution in [0.4, 0.5) is 0 Å². The van der Waals surface area contributed by atoms with Gasteiger partial charge in [-0.2, -0.15) is 5.75 Å². The van der Waals surface area contributed by atoms with E-state index in [1.54, 1.807) is 9.37 Å². The molecule has 0 spiro atoms. The van der Waals surface area contributed by atoms with Crippen LogP contribution in [0.5, 0.6) is 0 Å². The van der Waals surface area contributed by atoms with Gasteiger partial charge in [0.1, 0.15) is 0 Å². The summed E-state index contributed by atoms with van der Waals surface area (Å²) < 4.78 is 4.64. The molecule has 0 aliphatic heterocycles. The number of benzene rings is 4. The van der Waals surface area contributed by atoms with Crippen molar-refractivity contribution in [1.29, 1.82) is 0 Å². The Bertz CT molecular complexity index is 800. The van der Waals surface area contributed by atoms with E-state index in [9.17, 15) is 0 Å². The first-order valence-electron chi connectivity index (χ1n) is 9.03. The predicted octanol–water partition coefficient (Wildman–Crippen LogP) is 3.94. The zero-order chi connectivity index (χ0) is 18.7. The normalized spacial score (nSPS) is 10.1. The Morgan fingerprint density at radius 1 is 0.444 bits per heavy atom. The summed E-state index contributed by atoms with van der Waals surface area (Å²) in [6.07, 6.45) is 0. The van der Waals surface area contributed by atoms with Crippen LogP contribution in [0.15, 0.2) is 121 Å². The summed E-state index contributed by atoms with van der Waals surface area (Å²) in [6, 6.07) is 43.1. The molecular weight excluding hydrogens is 540 g/mol. The van der Waals surface area contributed by atoms with Crippen molar-refractivity contribution in [3.8, 4) is 0 Å². The van der Waals surface area contributed by atoms with E-state index in [0.717, 1.165) is 5.75 Å². The van der Waals surface area contributed by atoms with Gasteiger partial charge in [0.05, 0.1) is 0 Å². The molecule has 0 saturated heterocycles. The van der Waals surface area contributed by atoms with Gasteiger partial charge >= 0.3 is 123 Å². The first-order valence-corrected chi connectivity index (χ1v) is 15.4. The molecule has 133 valence electrons. The molecule has 0 N–H and O–H groups in total. The van der Waals surface area contributed by atoms with Crippen molar-refractivity contribution >= 4 is 44.7 Å². The summed E-state index contributed by atoms with van der Waals surface area (Å²) in [4.78, 5) is 0. The zero-order valence-corrected chi connectivity index (χ0v) is 19.9. The molecule has 2 heteroatoms. The number of rotatable bonds is 4.